The first-order valence-corrected chi connectivity index (χ1v) is 13.5. The number of aryl methyl sites for hydroxylation is 4. The minimum atomic E-state index is -0.269. The normalized spacial score (nSPS) is 11.9. The van der Waals surface area contributed by atoms with Crippen molar-refractivity contribution < 1.29 is 9.53 Å². The Morgan fingerprint density at radius 3 is 2.32 bits per heavy atom. The number of para-hydroxylation sites is 1. The van der Waals surface area contributed by atoms with E-state index in [0.29, 0.717) is 5.69 Å². The van der Waals surface area contributed by atoms with Crippen LogP contribution in [0.25, 0.3) is 33.1 Å². The van der Waals surface area contributed by atoms with E-state index < -0.39 is 0 Å². The van der Waals surface area contributed by atoms with Crippen LogP contribution in [-0.2, 0) is 24.4 Å². The van der Waals surface area contributed by atoms with Gasteiger partial charge in [-0.25, -0.2) is 4.79 Å². The molecule has 0 amide bonds. The monoisotopic (exact) mass is 494 g/mol. The van der Waals surface area contributed by atoms with Crippen LogP contribution in [0.15, 0.2) is 72.8 Å². The highest BCUT2D eigenvalue weighted by Gasteiger charge is 2.25. The van der Waals surface area contributed by atoms with Gasteiger partial charge in [-0.15, -0.1) is 0 Å². The van der Waals surface area contributed by atoms with Crippen LogP contribution in [0, 0.1) is 13.8 Å². The van der Waals surface area contributed by atoms with Crippen LogP contribution in [0.1, 0.15) is 61.3 Å². The van der Waals surface area contributed by atoms with Gasteiger partial charge in [0.05, 0.1) is 11.2 Å². The van der Waals surface area contributed by atoms with Gasteiger partial charge < -0.3 is 13.9 Å². The number of ether oxygens (including phenoxy) is 1. The lowest BCUT2D eigenvalue weighted by Gasteiger charge is -2.20. The topological polar surface area (TPSA) is 36.2 Å². The number of nitrogens with zero attached hydrogens (tertiary/aromatic N) is 2. The van der Waals surface area contributed by atoms with Gasteiger partial charge in [0.25, 0.3) is 0 Å². The highest BCUT2D eigenvalue weighted by Crippen LogP contribution is 2.40. The number of carbonyl (C=O) groups excluding carboxylic acids is 1. The molecule has 0 N–H and O–H groups in total. The van der Waals surface area contributed by atoms with E-state index in [9.17, 15) is 4.79 Å². The van der Waals surface area contributed by atoms with E-state index in [4.69, 9.17) is 4.74 Å². The maximum atomic E-state index is 13.1. The van der Waals surface area contributed by atoms with Crippen LogP contribution in [-0.4, -0.2) is 15.1 Å². The fourth-order valence-corrected chi connectivity index (χ4v) is 5.31. The van der Waals surface area contributed by atoms with E-state index in [-0.39, 0.29) is 12.6 Å². The largest absolute Gasteiger partial charge is 0.456 e. The Hall–Kier alpha value is -3.79. The van der Waals surface area contributed by atoms with Crippen molar-refractivity contribution in [1.82, 2.24) is 9.13 Å². The molecule has 0 bridgehead atoms. The summed E-state index contributed by atoms with van der Waals surface area (Å²) in [6.45, 7) is 14.3. The molecule has 1 aliphatic heterocycles. The molecule has 3 aromatic carbocycles. The second-order valence-corrected chi connectivity index (χ2v) is 8.99. The van der Waals surface area contributed by atoms with E-state index in [0.717, 1.165) is 36.0 Å². The van der Waals surface area contributed by atoms with Gasteiger partial charge in [0, 0.05) is 34.9 Å². The summed E-state index contributed by atoms with van der Waals surface area (Å²) in [5.74, 6) is -0.269. The van der Waals surface area contributed by atoms with Gasteiger partial charge >= 0.3 is 5.97 Å². The van der Waals surface area contributed by atoms with Gasteiger partial charge in [-0.05, 0) is 49.1 Å². The fourth-order valence-electron chi connectivity index (χ4n) is 5.31. The summed E-state index contributed by atoms with van der Waals surface area (Å²) in [7, 11) is 0. The third-order valence-electron chi connectivity index (χ3n) is 6.83. The first-order chi connectivity index (χ1) is 18.1. The van der Waals surface area contributed by atoms with Crippen molar-refractivity contribution in [3.05, 3.63) is 95.2 Å². The highest BCUT2D eigenvalue weighted by atomic mass is 16.5. The third kappa shape index (κ3) is 4.81. The number of fused-ring (bicyclic) bond motifs is 4. The molecule has 0 atom stereocenters. The molecule has 4 nitrogen and oxygen atoms in total. The van der Waals surface area contributed by atoms with Gasteiger partial charge in [0.1, 0.15) is 12.3 Å². The van der Waals surface area contributed by atoms with Crippen molar-refractivity contribution in [2.45, 2.75) is 67.7 Å². The summed E-state index contributed by atoms with van der Waals surface area (Å²) in [6, 6.07) is 24.9. The summed E-state index contributed by atoms with van der Waals surface area (Å²) in [4.78, 5) is 13.1. The molecule has 0 fully saturated rings. The van der Waals surface area contributed by atoms with E-state index in [1.807, 2.05) is 64.1 Å². The Bertz CT molecular complexity index is 1520. The second-order valence-electron chi connectivity index (χ2n) is 8.99. The van der Waals surface area contributed by atoms with Gasteiger partial charge in [-0.2, -0.15) is 0 Å². The number of hydrogen-bond acceptors (Lipinski definition) is 2. The minimum absolute atomic E-state index is 0.269. The van der Waals surface area contributed by atoms with Crippen LogP contribution in [0.3, 0.4) is 0 Å². The van der Waals surface area contributed by atoms with Crippen molar-refractivity contribution in [2.24, 2.45) is 0 Å². The fraction of sp³-hybridized carbons (Fsp3) is 0.303. The second kappa shape index (κ2) is 11.5. The molecule has 37 heavy (non-hydrogen) atoms. The number of hydrogen-bond donors (Lipinski definition) is 0. The van der Waals surface area contributed by atoms with Crippen LogP contribution in [0.5, 0.6) is 0 Å². The molecular weight excluding hydrogens is 456 g/mol. The predicted molar refractivity (Wildman–Crippen MR) is 155 cm³/mol. The molecular formula is C33H38N2O2. The summed E-state index contributed by atoms with van der Waals surface area (Å²) in [5.41, 5.74) is 9.03. The molecule has 0 aliphatic carbocycles. The lowest BCUT2D eigenvalue weighted by atomic mass is 10.0. The van der Waals surface area contributed by atoms with Gasteiger partial charge in [-0.3, -0.25) is 0 Å². The Balaban J connectivity index is 0.000000765. The van der Waals surface area contributed by atoms with E-state index in [1.165, 1.54) is 33.3 Å². The van der Waals surface area contributed by atoms with Crippen LogP contribution >= 0.6 is 0 Å². The van der Waals surface area contributed by atoms with Crippen molar-refractivity contribution in [1.29, 1.82) is 0 Å². The quantitative estimate of drug-likeness (QED) is 0.235. The number of esters is 1. The van der Waals surface area contributed by atoms with Gasteiger partial charge in [0.2, 0.25) is 0 Å². The zero-order chi connectivity index (χ0) is 26.5. The van der Waals surface area contributed by atoms with Crippen molar-refractivity contribution in [3.63, 3.8) is 0 Å². The van der Waals surface area contributed by atoms with E-state index in [2.05, 4.69) is 59.4 Å². The average molecular weight is 495 g/mol. The molecule has 5 aromatic rings. The van der Waals surface area contributed by atoms with Crippen molar-refractivity contribution in [3.8, 4) is 11.3 Å². The Morgan fingerprint density at radius 1 is 0.838 bits per heavy atom. The number of aromatic nitrogens is 2. The van der Waals surface area contributed by atoms with Gasteiger partial charge in [-0.1, -0.05) is 88.4 Å². The van der Waals surface area contributed by atoms with Gasteiger partial charge in [0.15, 0.2) is 0 Å². The molecule has 0 saturated carbocycles. The highest BCUT2D eigenvalue weighted by molar-refractivity contribution is 6.04. The summed E-state index contributed by atoms with van der Waals surface area (Å²) < 4.78 is 10.4. The molecule has 4 heteroatoms. The maximum Gasteiger partial charge on any atom is 0.355 e. The van der Waals surface area contributed by atoms with Crippen LogP contribution in [0.4, 0.5) is 0 Å². The maximum absolute atomic E-state index is 13.1. The molecule has 0 spiro atoms. The Kier molecular flexibility index (Phi) is 8.17. The first kappa shape index (κ1) is 26.3. The summed E-state index contributed by atoms with van der Waals surface area (Å²) in [5, 5.41) is 2.38. The molecule has 1 aliphatic rings. The Labute approximate surface area is 220 Å². The SMILES string of the molecule is CC.CC.Cc1ccc2c(C)c3n(c2c1)CCCn1c(C(=O)OCc2ccccc2)cc2cccc-3c21. The van der Waals surface area contributed by atoms with E-state index >= 15 is 0 Å². The average Bonchev–Trinajstić information content (AvgIpc) is 3.43. The minimum Gasteiger partial charge on any atom is -0.456 e. The standard InChI is InChI=1S/C29H26N2O2.2C2H6/c1-19-12-13-23-20(2)27-24-11-6-10-22-17-26(29(32)33-18-21-8-4-3-5-9-21)31(28(22)24)15-7-14-30(27)25(23)16-19;2*1-2/h3-6,8-13,16-17H,7,14-15,18H2,1-2H3;2*1-2H3. The number of benzene rings is 3. The molecule has 0 saturated heterocycles. The third-order valence-corrected chi connectivity index (χ3v) is 6.83. The zero-order valence-electron chi connectivity index (χ0n) is 23.0. The summed E-state index contributed by atoms with van der Waals surface area (Å²) >= 11 is 0. The molecule has 2 aromatic heterocycles. The van der Waals surface area contributed by atoms with Crippen LogP contribution in [0.2, 0.25) is 0 Å². The lowest BCUT2D eigenvalue weighted by Crippen LogP contribution is -2.15. The molecule has 3 heterocycles. The lowest BCUT2D eigenvalue weighted by molar-refractivity contribution is 0.0460. The van der Waals surface area contributed by atoms with E-state index in [1.54, 1.807) is 0 Å². The van der Waals surface area contributed by atoms with Crippen molar-refractivity contribution in [2.75, 3.05) is 0 Å². The number of carbonyl (C=O) groups is 1. The predicted octanol–water partition coefficient (Wildman–Crippen LogP) is 8.69. The number of rotatable bonds is 3. The molecule has 0 radical (unpaired) electrons. The summed E-state index contributed by atoms with van der Waals surface area (Å²) in [6.07, 6.45) is 0.946. The zero-order valence-corrected chi connectivity index (χ0v) is 23.0. The smallest absolute Gasteiger partial charge is 0.355 e. The Morgan fingerprint density at radius 2 is 1.57 bits per heavy atom. The van der Waals surface area contributed by atoms with Crippen molar-refractivity contribution >= 4 is 27.8 Å². The van der Waals surface area contributed by atoms with Crippen LogP contribution < -0.4 is 0 Å². The first-order valence-electron chi connectivity index (χ1n) is 13.5. The molecule has 0 unspecified atom stereocenters. The molecule has 192 valence electrons. The molecule has 6 rings (SSSR count).